The average molecular weight is 311 g/mol. The van der Waals surface area contributed by atoms with Gasteiger partial charge in [-0.2, -0.15) is 0 Å². The Labute approximate surface area is 140 Å². The minimum absolute atomic E-state index is 0.439. The summed E-state index contributed by atoms with van der Waals surface area (Å²) < 4.78 is 0. The van der Waals surface area contributed by atoms with Gasteiger partial charge in [0.05, 0.1) is 6.10 Å². The molecule has 1 N–H and O–H groups in total. The first-order valence-corrected chi connectivity index (χ1v) is 8.54. The van der Waals surface area contributed by atoms with E-state index in [2.05, 4.69) is 50.8 Å². The Hall–Kier alpha value is -1.64. The molecule has 2 atom stereocenters. The van der Waals surface area contributed by atoms with Gasteiger partial charge in [-0.25, -0.2) is 0 Å². The van der Waals surface area contributed by atoms with E-state index in [1.807, 2.05) is 30.3 Å². The van der Waals surface area contributed by atoms with Gasteiger partial charge in [-0.1, -0.05) is 61.0 Å². The Morgan fingerprint density at radius 3 is 2.35 bits per heavy atom. The van der Waals surface area contributed by atoms with Crippen molar-refractivity contribution >= 4 is 0 Å². The minimum atomic E-state index is -0.448. The lowest BCUT2D eigenvalue weighted by atomic mass is 10.0. The molecule has 0 aliphatic rings. The predicted octanol–water partition coefficient (Wildman–Crippen LogP) is 4.64. The van der Waals surface area contributed by atoms with Crippen LogP contribution < -0.4 is 0 Å². The molecule has 23 heavy (non-hydrogen) atoms. The standard InChI is InChI=1S/C21H29NO/c1-5-18(4)22(14-20-12-11-16(2)13-17(20)3)15-21(23)19-9-7-6-8-10-19/h6-13,18,21,23H,5,14-15H2,1-4H3. The van der Waals surface area contributed by atoms with E-state index in [0.717, 1.165) is 18.5 Å². The van der Waals surface area contributed by atoms with Gasteiger partial charge < -0.3 is 5.11 Å². The van der Waals surface area contributed by atoms with Crippen molar-refractivity contribution in [2.45, 2.75) is 52.8 Å². The molecule has 2 unspecified atom stereocenters. The van der Waals surface area contributed by atoms with E-state index in [0.29, 0.717) is 12.6 Å². The van der Waals surface area contributed by atoms with Crippen LogP contribution in [0.25, 0.3) is 0 Å². The van der Waals surface area contributed by atoms with Gasteiger partial charge in [0, 0.05) is 19.1 Å². The molecule has 0 radical (unpaired) electrons. The molecule has 2 heteroatoms. The lowest BCUT2D eigenvalue weighted by Crippen LogP contribution is -2.36. The van der Waals surface area contributed by atoms with Gasteiger partial charge in [-0.05, 0) is 43.9 Å². The monoisotopic (exact) mass is 311 g/mol. The molecule has 2 rings (SSSR count). The lowest BCUT2D eigenvalue weighted by Gasteiger charge is -2.31. The second kappa shape index (κ2) is 8.28. The van der Waals surface area contributed by atoms with Crippen LogP contribution in [0.2, 0.25) is 0 Å². The van der Waals surface area contributed by atoms with Gasteiger partial charge in [0.2, 0.25) is 0 Å². The van der Waals surface area contributed by atoms with E-state index in [4.69, 9.17) is 0 Å². The van der Waals surface area contributed by atoms with Gasteiger partial charge in [0.1, 0.15) is 0 Å². The van der Waals surface area contributed by atoms with Crippen LogP contribution in [0.3, 0.4) is 0 Å². The van der Waals surface area contributed by atoms with Crippen LogP contribution in [-0.4, -0.2) is 22.6 Å². The first kappa shape index (κ1) is 17.7. The van der Waals surface area contributed by atoms with Crippen molar-refractivity contribution in [3.63, 3.8) is 0 Å². The SMILES string of the molecule is CCC(C)N(Cc1ccc(C)cc1C)CC(O)c1ccccc1. The van der Waals surface area contributed by atoms with Gasteiger partial charge in [-0.15, -0.1) is 0 Å². The van der Waals surface area contributed by atoms with Gasteiger partial charge in [0.15, 0.2) is 0 Å². The zero-order chi connectivity index (χ0) is 16.8. The fourth-order valence-corrected chi connectivity index (χ4v) is 2.90. The van der Waals surface area contributed by atoms with Crippen LogP contribution in [0.15, 0.2) is 48.5 Å². The minimum Gasteiger partial charge on any atom is -0.387 e. The van der Waals surface area contributed by atoms with Crippen LogP contribution in [0.4, 0.5) is 0 Å². The summed E-state index contributed by atoms with van der Waals surface area (Å²) in [5, 5.41) is 10.6. The second-order valence-electron chi connectivity index (χ2n) is 6.54. The molecule has 124 valence electrons. The summed E-state index contributed by atoms with van der Waals surface area (Å²) >= 11 is 0. The maximum Gasteiger partial charge on any atom is 0.0917 e. The van der Waals surface area contributed by atoms with Crippen LogP contribution in [-0.2, 0) is 6.54 Å². The van der Waals surface area contributed by atoms with Crippen molar-refractivity contribution in [3.8, 4) is 0 Å². The Bertz CT molecular complexity index is 608. The number of rotatable bonds is 7. The highest BCUT2D eigenvalue weighted by molar-refractivity contribution is 5.30. The van der Waals surface area contributed by atoms with Crippen molar-refractivity contribution < 1.29 is 5.11 Å². The van der Waals surface area contributed by atoms with Crippen molar-refractivity contribution in [1.82, 2.24) is 4.90 Å². The highest BCUT2D eigenvalue weighted by atomic mass is 16.3. The summed E-state index contributed by atoms with van der Waals surface area (Å²) in [6.45, 7) is 10.3. The third-order valence-corrected chi connectivity index (χ3v) is 4.68. The third kappa shape index (κ3) is 4.92. The lowest BCUT2D eigenvalue weighted by molar-refractivity contribution is 0.0846. The molecule has 2 aromatic rings. The summed E-state index contributed by atoms with van der Waals surface area (Å²) in [4.78, 5) is 2.38. The molecule has 0 heterocycles. The highest BCUT2D eigenvalue weighted by Crippen LogP contribution is 2.20. The van der Waals surface area contributed by atoms with Gasteiger partial charge in [0.25, 0.3) is 0 Å². The number of benzene rings is 2. The van der Waals surface area contributed by atoms with E-state index in [1.165, 1.54) is 16.7 Å². The van der Waals surface area contributed by atoms with Crippen molar-refractivity contribution in [1.29, 1.82) is 0 Å². The van der Waals surface area contributed by atoms with Crippen molar-refractivity contribution in [3.05, 3.63) is 70.8 Å². The molecular formula is C21H29NO. The number of hydrogen-bond donors (Lipinski definition) is 1. The molecule has 2 nitrogen and oxygen atoms in total. The largest absolute Gasteiger partial charge is 0.387 e. The van der Waals surface area contributed by atoms with E-state index in [9.17, 15) is 5.11 Å². The molecule has 0 fully saturated rings. The van der Waals surface area contributed by atoms with Gasteiger partial charge >= 0.3 is 0 Å². The molecule has 0 saturated heterocycles. The van der Waals surface area contributed by atoms with Crippen LogP contribution in [0, 0.1) is 13.8 Å². The van der Waals surface area contributed by atoms with Crippen LogP contribution in [0.5, 0.6) is 0 Å². The highest BCUT2D eigenvalue weighted by Gasteiger charge is 2.18. The van der Waals surface area contributed by atoms with E-state index < -0.39 is 6.10 Å². The number of aryl methyl sites for hydroxylation is 2. The maximum absolute atomic E-state index is 10.6. The van der Waals surface area contributed by atoms with Crippen LogP contribution >= 0.6 is 0 Å². The maximum atomic E-state index is 10.6. The molecule has 0 saturated carbocycles. The number of hydrogen-bond acceptors (Lipinski definition) is 2. The second-order valence-corrected chi connectivity index (χ2v) is 6.54. The summed E-state index contributed by atoms with van der Waals surface area (Å²) in [5.41, 5.74) is 4.95. The Kier molecular flexibility index (Phi) is 6.37. The summed E-state index contributed by atoms with van der Waals surface area (Å²) in [6.07, 6.45) is 0.628. The molecular weight excluding hydrogens is 282 g/mol. The van der Waals surface area contributed by atoms with Crippen molar-refractivity contribution in [2.24, 2.45) is 0 Å². The molecule has 0 aromatic heterocycles. The third-order valence-electron chi connectivity index (χ3n) is 4.68. The van der Waals surface area contributed by atoms with Crippen molar-refractivity contribution in [2.75, 3.05) is 6.54 Å². The Morgan fingerprint density at radius 2 is 1.74 bits per heavy atom. The smallest absolute Gasteiger partial charge is 0.0917 e. The summed E-state index contributed by atoms with van der Waals surface area (Å²) in [5.74, 6) is 0. The normalized spacial score (nSPS) is 14.0. The van der Waals surface area contributed by atoms with E-state index >= 15 is 0 Å². The Balaban J connectivity index is 2.14. The van der Waals surface area contributed by atoms with E-state index in [-0.39, 0.29) is 0 Å². The Morgan fingerprint density at radius 1 is 1.04 bits per heavy atom. The zero-order valence-corrected chi connectivity index (χ0v) is 14.8. The molecule has 0 spiro atoms. The summed E-state index contributed by atoms with van der Waals surface area (Å²) in [7, 11) is 0. The molecule has 0 aliphatic carbocycles. The number of aliphatic hydroxyl groups excluding tert-OH is 1. The molecule has 2 aromatic carbocycles. The van der Waals surface area contributed by atoms with Crippen LogP contribution in [0.1, 0.15) is 48.6 Å². The number of aliphatic hydroxyl groups is 1. The first-order valence-electron chi connectivity index (χ1n) is 8.54. The molecule has 0 bridgehead atoms. The fraction of sp³-hybridized carbons (Fsp3) is 0.429. The predicted molar refractivity (Wildman–Crippen MR) is 97.5 cm³/mol. The quantitative estimate of drug-likeness (QED) is 0.805. The molecule has 0 amide bonds. The topological polar surface area (TPSA) is 23.5 Å². The molecule has 0 aliphatic heterocycles. The fourth-order valence-electron chi connectivity index (χ4n) is 2.90. The van der Waals surface area contributed by atoms with E-state index in [1.54, 1.807) is 0 Å². The first-order chi connectivity index (χ1) is 11.0. The average Bonchev–Trinajstić information content (AvgIpc) is 2.56. The zero-order valence-electron chi connectivity index (χ0n) is 14.8. The summed E-state index contributed by atoms with van der Waals surface area (Å²) in [6, 6.07) is 17.0. The van der Waals surface area contributed by atoms with Gasteiger partial charge in [-0.3, -0.25) is 4.90 Å². The number of nitrogens with zero attached hydrogens (tertiary/aromatic N) is 1.